The van der Waals surface area contributed by atoms with E-state index in [4.69, 9.17) is 5.84 Å². The third-order valence-electron chi connectivity index (χ3n) is 2.02. The molecule has 1 heterocycles. The van der Waals surface area contributed by atoms with Crippen LogP contribution in [0, 0.1) is 0 Å². The molecule has 0 radical (unpaired) electrons. The Morgan fingerprint density at radius 1 is 1.54 bits per heavy atom. The van der Waals surface area contributed by atoms with Gasteiger partial charge in [-0.3, -0.25) is 11.3 Å². The molecule has 1 unspecified atom stereocenters. The quantitative estimate of drug-likeness (QED) is 0.557. The van der Waals surface area contributed by atoms with Crippen LogP contribution in [0.25, 0.3) is 0 Å². The molecule has 0 aliphatic heterocycles. The lowest BCUT2D eigenvalue weighted by atomic mass is 10.1. The summed E-state index contributed by atoms with van der Waals surface area (Å²) in [5, 5.41) is 4.06. The minimum atomic E-state index is 0.222. The zero-order valence-electron chi connectivity index (χ0n) is 8.08. The number of nitrogens with zero attached hydrogens (tertiary/aromatic N) is 2. The summed E-state index contributed by atoms with van der Waals surface area (Å²) in [4.78, 5) is 1.19. The fourth-order valence-corrected chi connectivity index (χ4v) is 2.14. The third kappa shape index (κ3) is 2.46. The van der Waals surface area contributed by atoms with Crippen LogP contribution in [0.15, 0.2) is 0 Å². The van der Waals surface area contributed by atoms with Gasteiger partial charge in [-0.1, -0.05) is 24.8 Å². The molecular formula is C8H16N4S. The average Bonchev–Trinajstić information content (AvgIpc) is 2.61. The predicted octanol–water partition coefficient (Wildman–Crippen LogP) is 1.41. The van der Waals surface area contributed by atoms with Crippen LogP contribution in [0.2, 0.25) is 0 Å². The summed E-state index contributed by atoms with van der Waals surface area (Å²) < 4.78 is 3.94. The maximum atomic E-state index is 5.47. The molecule has 74 valence electrons. The van der Waals surface area contributed by atoms with Crippen LogP contribution in [0.4, 0.5) is 0 Å². The van der Waals surface area contributed by atoms with Crippen molar-refractivity contribution in [2.24, 2.45) is 5.84 Å². The maximum Gasteiger partial charge on any atom is 0.0801 e. The standard InChI is InChI=1S/C8H16N4S/c1-3-5-7(10-9)8-6(4-2)11-12-13-8/h7,10H,3-5,9H2,1-2H3. The monoisotopic (exact) mass is 200 g/mol. The molecule has 3 N–H and O–H groups in total. The molecule has 0 aliphatic carbocycles. The number of hydrogen-bond donors (Lipinski definition) is 2. The number of aryl methyl sites for hydroxylation is 1. The van der Waals surface area contributed by atoms with Gasteiger partial charge in [0.2, 0.25) is 0 Å². The molecule has 0 saturated carbocycles. The molecule has 1 rings (SSSR count). The Hall–Kier alpha value is -0.520. The predicted molar refractivity (Wildman–Crippen MR) is 54.3 cm³/mol. The smallest absolute Gasteiger partial charge is 0.0801 e. The van der Waals surface area contributed by atoms with Gasteiger partial charge in [-0.2, -0.15) is 0 Å². The number of hydrogen-bond acceptors (Lipinski definition) is 5. The molecule has 4 nitrogen and oxygen atoms in total. The number of nitrogens with one attached hydrogen (secondary N) is 1. The summed E-state index contributed by atoms with van der Waals surface area (Å²) in [5.74, 6) is 5.47. The first-order valence-corrected chi connectivity index (χ1v) is 5.38. The Labute approximate surface area is 82.7 Å². The minimum Gasteiger partial charge on any atom is -0.271 e. The summed E-state index contributed by atoms with van der Waals surface area (Å²) in [7, 11) is 0. The molecule has 0 aliphatic rings. The lowest BCUT2D eigenvalue weighted by Crippen LogP contribution is -2.27. The zero-order chi connectivity index (χ0) is 9.68. The van der Waals surface area contributed by atoms with Gasteiger partial charge < -0.3 is 0 Å². The fourth-order valence-electron chi connectivity index (χ4n) is 1.30. The van der Waals surface area contributed by atoms with Gasteiger partial charge in [0.15, 0.2) is 0 Å². The molecule has 1 aromatic heterocycles. The van der Waals surface area contributed by atoms with Gasteiger partial charge in [0.25, 0.3) is 0 Å². The Kier molecular flexibility index (Phi) is 4.27. The molecule has 1 atom stereocenters. The highest BCUT2D eigenvalue weighted by Crippen LogP contribution is 2.23. The van der Waals surface area contributed by atoms with Crippen molar-refractivity contribution in [2.75, 3.05) is 0 Å². The third-order valence-corrected chi connectivity index (χ3v) is 2.90. The van der Waals surface area contributed by atoms with E-state index in [-0.39, 0.29) is 6.04 Å². The lowest BCUT2D eigenvalue weighted by Gasteiger charge is -2.12. The SMILES string of the molecule is CCCC(NN)c1snnc1CC. The zero-order valence-corrected chi connectivity index (χ0v) is 8.90. The van der Waals surface area contributed by atoms with Crippen molar-refractivity contribution < 1.29 is 0 Å². The van der Waals surface area contributed by atoms with Crippen LogP contribution < -0.4 is 11.3 Å². The second-order valence-electron chi connectivity index (χ2n) is 2.95. The van der Waals surface area contributed by atoms with Gasteiger partial charge in [0.1, 0.15) is 0 Å². The number of nitrogens with two attached hydrogens (primary N) is 1. The molecule has 0 fully saturated rings. The van der Waals surface area contributed by atoms with Crippen molar-refractivity contribution in [3.05, 3.63) is 10.6 Å². The molecule has 5 heteroatoms. The number of rotatable bonds is 5. The first-order chi connectivity index (χ1) is 6.33. The second kappa shape index (κ2) is 5.26. The summed E-state index contributed by atoms with van der Waals surface area (Å²) in [6, 6.07) is 0.222. The van der Waals surface area contributed by atoms with Crippen molar-refractivity contribution in [3.63, 3.8) is 0 Å². The van der Waals surface area contributed by atoms with Crippen LogP contribution in [-0.4, -0.2) is 9.59 Å². The topological polar surface area (TPSA) is 63.8 Å². The maximum absolute atomic E-state index is 5.47. The van der Waals surface area contributed by atoms with Crippen LogP contribution in [-0.2, 0) is 6.42 Å². The number of hydrazine groups is 1. The minimum absolute atomic E-state index is 0.222. The molecule has 0 saturated heterocycles. The van der Waals surface area contributed by atoms with E-state index in [0.717, 1.165) is 25.0 Å². The fraction of sp³-hybridized carbons (Fsp3) is 0.750. The Morgan fingerprint density at radius 3 is 2.85 bits per heavy atom. The van der Waals surface area contributed by atoms with Gasteiger partial charge in [-0.25, -0.2) is 0 Å². The average molecular weight is 200 g/mol. The van der Waals surface area contributed by atoms with E-state index in [0.29, 0.717) is 0 Å². The highest BCUT2D eigenvalue weighted by Gasteiger charge is 2.15. The van der Waals surface area contributed by atoms with Gasteiger partial charge in [-0.05, 0) is 24.4 Å². The Morgan fingerprint density at radius 2 is 2.31 bits per heavy atom. The first kappa shape index (κ1) is 10.6. The van der Waals surface area contributed by atoms with E-state index in [9.17, 15) is 0 Å². The summed E-state index contributed by atoms with van der Waals surface area (Å²) >= 11 is 1.44. The molecule has 0 spiro atoms. The molecule has 13 heavy (non-hydrogen) atoms. The second-order valence-corrected chi connectivity index (χ2v) is 3.73. The van der Waals surface area contributed by atoms with Gasteiger partial charge in [-0.15, -0.1) is 5.10 Å². The Bertz CT molecular complexity index is 248. The van der Waals surface area contributed by atoms with Crippen molar-refractivity contribution in [3.8, 4) is 0 Å². The normalized spacial score (nSPS) is 13.2. The van der Waals surface area contributed by atoms with Crippen molar-refractivity contribution in [1.29, 1.82) is 0 Å². The van der Waals surface area contributed by atoms with Crippen LogP contribution in [0.3, 0.4) is 0 Å². The van der Waals surface area contributed by atoms with Gasteiger partial charge in [0.05, 0.1) is 16.6 Å². The van der Waals surface area contributed by atoms with E-state index in [1.807, 2.05) is 0 Å². The van der Waals surface area contributed by atoms with E-state index >= 15 is 0 Å². The highest BCUT2D eigenvalue weighted by atomic mass is 32.1. The number of aromatic nitrogens is 2. The largest absolute Gasteiger partial charge is 0.271 e. The molecule has 0 amide bonds. The van der Waals surface area contributed by atoms with Gasteiger partial charge in [0, 0.05) is 0 Å². The van der Waals surface area contributed by atoms with Gasteiger partial charge >= 0.3 is 0 Å². The highest BCUT2D eigenvalue weighted by molar-refractivity contribution is 7.05. The Balaban J connectivity index is 2.77. The van der Waals surface area contributed by atoms with Crippen LogP contribution in [0.1, 0.15) is 43.3 Å². The first-order valence-electron chi connectivity index (χ1n) is 4.60. The van der Waals surface area contributed by atoms with E-state index in [1.165, 1.54) is 16.4 Å². The summed E-state index contributed by atoms with van der Waals surface area (Å²) in [6.45, 7) is 4.23. The summed E-state index contributed by atoms with van der Waals surface area (Å²) in [6.07, 6.45) is 3.07. The molecule has 0 bridgehead atoms. The van der Waals surface area contributed by atoms with E-state index in [2.05, 4.69) is 28.9 Å². The van der Waals surface area contributed by atoms with Crippen LogP contribution in [0.5, 0.6) is 0 Å². The van der Waals surface area contributed by atoms with Crippen LogP contribution >= 0.6 is 11.5 Å². The van der Waals surface area contributed by atoms with Crippen molar-refractivity contribution in [2.45, 2.75) is 39.2 Å². The van der Waals surface area contributed by atoms with Crippen molar-refractivity contribution in [1.82, 2.24) is 15.0 Å². The van der Waals surface area contributed by atoms with Crippen molar-refractivity contribution >= 4 is 11.5 Å². The lowest BCUT2D eigenvalue weighted by molar-refractivity contribution is 0.513. The summed E-state index contributed by atoms with van der Waals surface area (Å²) in [5.41, 5.74) is 3.88. The van der Waals surface area contributed by atoms with E-state index in [1.54, 1.807) is 0 Å². The molecule has 0 aromatic carbocycles. The van der Waals surface area contributed by atoms with E-state index < -0.39 is 0 Å². The molecular weight excluding hydrogens is 184 g/mol. The molecule has 1 aromatic rings.